The van der Waals surface area contributed by atoms with Crippen molar-refractivity contribution < 1.29 is 5.11 Å². The van der Waals surface area contributed by atoms with E-state index >= 15 is 0 Å². The van der Waals surface area contributed by atoms with Crippen molar-refractivity contribution in [2.75, 3.05) is 46.3 Å². The quantitative estimate of drug-likeness (QED) is 0.808. The Morgan fingerprint density at radius 1 is 1.14 bits per heavy atom. The zero-order valence-electron chi connectivity index (χ0n) is 18.1. The topological polar surface area (TPSA) is 58.6 Å². The molecule has 0 saturated carbocycles. The summed E-state index contributed by atoms with van der Waals surface area (Å²) < 4.78 is 0. The Kier molecular flexibility index (Phi) is 6.06. The number of aromatic nitrogens is 2. The number of aryl methyl sites for hydroxylation is 2. The molecular formula is C23H35N5O. The number of likely N-dealkylation sites (N-methyl/N-ethyl adjacent to an activating group) is 1. The first-order valence-electron chi connectivity index (χ1n) is 11.0. The van der Waals surface area contributed by atoms with Gasteiger partial charge in [0.05, 0.1) is 11.7 Å². The number of aliphatic hydroxyl groups is 1. The molecule has 2 saturated heterocycles. The summed E-state index contributed by atoms with van der Waals surface area (Å²) >= 11 is 0. The summed E-state index contributed by atoms with van der Waals surface area (Å²) in [5, 5.41) is 11.9. The van der Waals surface area contributed by atoms with E-state index in [4.69, 9.17) is 4.98 Å². The molecule has 3 heterocycles. The SMILES string of the molecule is CCc1nc(CN2CC[C@](O)(c3ccccc3)[C@H](N3CCN(C)CC3)C2)c(C)[nH]1. The van der Waals surface area contributed by atoms with Crippen LogP contribution in [0.15, 0.2) is 30.3 Å². The lowest BCUT2D eigenvalue weighted by Crippen LogP contribution is -2.63. The zero-order valence-corrected chi connectivity index (χ0v) is 18.1. The number of aromatic amines is 1. The zero-order chi connectivity index (χ0) is 20.4. The second kappa shape index (κ2) is 8.56. The standard InChI is InChI=1S/C23H35N5O/c1-4-22-24-18(2)20(25-22)16-27-11-10-23(29,19-8-6-5-7-9-19)21(17-27)28-14-12-26(3)13-15-28/h5-9,21,29H,4,10-17H2,1-3H3,(H,24,25)/t21-,23+/m1/s1. The molecule has 1 aromatic heterocycles. The van der Waals surface area contributed by atoms with Gasteiger partial charge in [-0.15, -0.1) is 0 Å². The van der Waals surface area contributed by atoms with E-state index in [-0.39, 0.29) is 6.04 Å². The van der Waals surface area contributed by atoms with Crippen LogP contribution in [0.2, 0.25) is 0 Å². The number of hydrogen-bond donors (Lipinski definition) is 2. The molecule has 0 spiro atoms. The van der Waals surface area contributed by atoms with Crippen molar-refractivity contribution >= 4 is 0 Å². The van der Waals surface area contributed by atoms with Crippen molar-refractivity contribution in [3.63, 3.8) is 0 Å². The number of imidazole rings is 1. The van der Waals surface area contributed by atoms with Gasteiger partial charge in [-0.2, -0.15) is 0 Å². The van der Waals surface area contributed by atoms with Gasteiger partial charge < -0.3 is 15.0 Å². The Morgan fingerprint density at radius 3 is 2.52 bits per heavy atom. The average molecular weight is 398 g/mol. The molecule has 2 N–H and O–H groups in total. The van der Waals surface area contributed by atoms with Gasteiger partial charge in [0.25, 0.3) is 0 Å². The normalized spacial score (nSPS) is 27.4. The maximum Gasteiger partial charge on any atom is 0.108 e. The minimum Gasteiger partial charge on any atom is -0.383 e. The number of nitrogens with zero attached hydrogens (tertiary/aromatic N) is 4. The summed E-state index contributed by atoms with van der Waals surface area (Å²) in [6.07, 6.45) is 1.68. The highest BCUT2D eigenvalue weighted by Gasteiger charge is 2.46. The summed E-state index contributed by atoms with van der Waals surface area (Å²) in [4.78, 5) is 15.5. The molecule has 0 aliphatic carbocycles. The van der Waals surface area contributed by atoms with Gasteiger partial charge in [0, 0.05) is 57.9 Å². The summed E-state index contributed by atoms with van der Waals surface area (Å²) in [6.45, 7) is 11.0. The van der Waals surface area contributed by atoms with Crippen molar-refractivity contribution in [3.8, 4) is 0 Å². The maximum absolute atomic E-state index is 11.9. The molecule has 6 nitrogen and oxygen atoms in total. The molecule has 2 atom stereocenters. The van der Waals surface area contributed by atoms with E-state index in [0.717, 1.165) is 75.7 Å². The molecule has 6 heteroatoms. The number of H-pyrrole nitrogens is 1. The molecule has 2 aliphatic rings. The summed E-state index contributed by atoms with van der Waals surface area (Å²) in [5.41, 5.74) is 2.56. The molecule has 2 aromatic rings. The molecule has 0 unspecified atom stereocenters. The van der Waals surface area contributed by atoms with Gasteiger partial charge in [0.1, 0.15) is 11.4 Å². The number of rotatable bonds is 5. The van der Waals surface area contributed by atoms with Crippen LogP contribution in [-0.2, 0) is 18.6 Å². The van der Waals surface area contributed by atoms with Gasteiger partial charge in [0.2, 0.25) is 0 Å². The van der Waals surface area contributed by atoms with Gasteiger partial charge in [-0.1, -0.05) is 37.3 Å². The maximum atomic E-state index is 11.9. The highest BCUT2D eigenvalue weighted by molar-refractivity contribution is 5.26. The van der Waals surface area contributed by atoms with Crippen LogP contribution in [0.4, 0.5) is 0 Å². The predicted molar refractivity (Wildman–Crippen MR) is 116 cm³/mol. The van der Waals surface area contributed by atoms with E-state index in [2.05, 4.69) is 52.7 Å². The fraction of sp³-hybridized carbons (Fsp3) is 0.609. The van der Waals surface area contributed by atoms with E-state index in [9.17, 15) is 5.11 Å². The fourth-order valence-electron chi connectivity index (χ4n) is 4.84. The lowest BCUT2D eigenvalue weighted by atomic mass is 9.79. The highest BCUT2D eigenvalue weighted by atomic mass is 16.3. The van der Waals surface area contributed by atoms with E-state index in [1.807, 2.05) is 18.2 Å². The van der Waals surface area contributed by atoms with Crippen LogP contribution in [0.25, 0.3) is 0 Å². The van der Waals surface area contributed by atoms with Gasteiger partial charge in [0.15, 0.2) is 0 Å². The number of nitrogens with one attached hydrogen (secondary N) is 1. The van der Waals surface area contributed by atoms with Gasteiger partial charge >= 0.3 is 0 Å². The van der Waals surface area contributed by atoms with Crippen molar-refractivity contribution in [2.45, 2.75) is 44.9 Å². The molecule has 4 rings (SSSR count). The van der Waals surface area contributed by atoms with E-state index in [0.29, 0.717) is 0 Å². The van der Waals surface area contributed by atoms with Crippen molar-refractivity contribution in [1.29, 1.82) is 0 Å². The Morgan fingerprint density at radius 2 is 1.86 bits per heavy atom. The van der Waals surface area contributed by atoms with E-state index < -0.39 is 5.60 Å². The Bertz CT molecular complexity index is 799. The third-order valence-electron chi connectivity index (χ3n) is 6.79. The molecule has 0 radical (unpaired) electrons. The van der Waals surface area contributed by atoms with E-state index in [1.54, 1.807) is 0 Å². The molecule has 2 aliphatic heterocycles. The summed E-state index contributed by atoms with van der Waals surface area (Å²) in [6, 6.07) is 10.4. The highest BCUT2D eigenvalue weighted by Crippen LogP contribution is 2.37. The second-order valence-electron chi connectivity index (χ2n) is 8.74. The number of piperazine rings is 1. The first kappa shape index (κ1) is 20.5. The van der Waals surface area contributed by atoms with E-state index in [1.165, 1.54) is 5.69 Å². The first-order chi connectivity index (χ1) is 14.0. The van der Waals surface area contributed by atoms with Crippen molar-refractivity contribution in [2.24, 2.45) is 0 Å². The minimum absolute atomic E-state index is 0.0947. The molecule has 1 aromatic carbocycles. The number of hydrogen-bond acceptors (Lipinski definition) is 5. The van der Waals surface area contributed by atoms with Gasteiger partial charge in [-0.3, -0.25) is 9.80 Å². The lowest BCUT2D eigenvalue weighted by Gasteiger charge is -2.51. The summed E-state index contributed by atoms with van der Waals surface area (Å²) in [5.74, 6) is 1.06. The lowest BCUT2D eigenvalue weighted by molar-refractivity contribution is -0.108. The largest absolute Gasteiger partial charge is 0.383 e. The average Bonchev–Trinajstić information content (AvgIpc) is 3.10. The summed E-state index contributed by atoms with van der Waals surface area (Å²) in [7, 11) is 2.18. The third-order valence-corrected chi connectivity index (χ3v) is 6.79. The fourth-order valence-corrected chi connectivity index (χ4v) is 4.84. The molecule has 158 valence electrons. The monoisotopic (exact) mass is 397 g/mol. The van der Waals surface area contributed by atoms with Crippen LogP contribution in [0, 0.1) is 6.92 Å². The predicted octanol–water partition coefficient (Wildman–Crippen LogP) is 1.99. The second-order valence-corrected chi connectivity index (χ2v) is 8.74. The minimum atomic E-state index is -0.803. The van der Waals surface area contributed by atoms with Crippen LogP contribution < -0.4 is 0 Å². The third kappa shape index (κ3) is 4.26. The van der Waals surface area contributed by atoms with Crippen LogP contribution in [0.1, 0.15) is 36.1 Å². The Hall–Kier alpha value is -1.73. The van der Waals surface area contributed by atoms with Crippen LogP contribution in [-0.4, -0.2) is 82.1 Å². The van der Waals surface area contributed by atoms with Gasteiger partial charge in [-0.05, 0) is 26.0 Å². The van der Waals surface area contributed by atoms with Crippen molar-refractivity contribution in [3.05, 3.63) is 53.1 Å². The van der Waals surface area contributed by atoms with Crippen LogP contribution in [0.5, 0.6) is 0 Å². The molecule has 29 heavy (non-hydrogen) atoms. The Balaban J connectivity index is 1.56. The number of benzene rings is 1. The Labute approximate surface area is 174 Å². The van der Waals surface area contributed by atoms with Gasteiger partial charge in [-0.25, -0.2) is 4.98 Å². The van der Waals surface area contributed by atoms with Crippen LogP contribution in [0.3, 0.4) is 0 Å². The molecule has 0 amide bonds. The van der Waals surface area contributed by atoms with Crippen molar-refractivity contribution in [1.82, 2.24) is 24.7 Å². The number of likely N-dealkylation sites (tertiary alicyclic amines) is 1. The first-order valence-corrected chi connectivity index (χ1v) is 11.0. The molecule has 2 fully saturated rings. The smallest absolute Gasteiger partial charge is 0.108 e. The molecular weight excluding hydrogens is 362 g/mol. The number of piperidine rings is 1. The van der Waals surface area contributed by atoms with Crippen LogP contribution >= 0.6 is 0 Å². The molecule has 0 bridgehead atoms.